The second kappa shape index (κ2) is 2.48. The van der Waals surface area contributed by atoms with Crippen molar-refractivity contribution in [3.8, 4) is 0 Å². The molecule has 2 atom stereocenters. The Kier molecular flexibility index (Phi) is 1.58. The van der Waals surface area contributed by atoms with Crippen molar-refractivity contribution in [2.75, 3.05) is 13.2 Å². The molecule has 0 aromatic heterocycles. The van der Waals surface area contributed by atoms with E-state index in [-0.39, 0.29) is 0 Å². The number of ether oxygens (including phenoxy) is 1. The quantitative estimate of drug-likeness (QED) is 0.719. The molecule has 3 fully saturated rings. The van der Waals surface area contributed by atoms with Crippen LogP contribution in [-0.4, -0.2) is 19.3 Å². The van der Waals surface area contributed by atoms with E-state index >= 15 is 0 Å². The van der Waals surface area contributed by atoms with Crippen LogP contribution < -0.4 is 5.73 Å². The van der Waals surface area contributed by atoms with E-state index in [1.54, 1.807) is 0 Å². The summed E-state index contributed by atoms with van der Waals surface area (Å²) in [6.07, 6.45) is 9.18. The van der Waals surface area contributed by atoms with Crippen molar-refractivity contribution in [3.05, 3.63) is 0 Å². The van der Waals surface area contributed by atoms with Gasteiger partial charge in [-0.05, 0) is 43.9 Å². The summed E-state index contributed by atoms with van der Waals surface area (Å²) in [7, 11) is 0. The number of fused-ring (bicyclic) bond motifs is 1. The molecule has 0 unspecified atom stereocenters. The maximum atomic E-state index is 5.84. The summed E-state index contributed by atoms with van der Waals surface area (Å²) in [5.41, 5.74) is 6.87. The fraction of sp³-hybridized carbons (Fsp3) is 1.00. The van der Waals surface area contributed by atoms with Crippen molar-refractivity contribution in [2.24, 2.45) is 16.6 Å². The minimum atomic E-state index is 0.576. The zero-order valence-electron chi connectivity index (χ0n) is 8.22. The van der Waals surface area contributed by atoms with Gasteiger partial charge in [0, 0.05) is 12.0 Å². The molecule has 74 valence electrons. The summed E-state index contributed by atoms with van der Waals surface area (Å²) in [5.74, 6) is 0. The lowest BCUT2D eigenvalue weighted by Crippen LogP contribution is -2.58. The molecule has 0 saturated heterocycles. The summed E-state index contributed by atoms with van der Waals surface area (Å²) in [4.78, 5) is 0. The minimum absolute atomic E-state index is 0.576. The standard InChI is InChI=1S/C11H19NO/c12-7-8-13-9-1-2-11(9)6-5-10(11)3-4-10/h9H,1-8,12H2/t9-,11-/m0/s1. The summed E-state index contributed by atoms with van der Waals surface area (Å²) in [6.45, 7) is 1.45. The van der Waals surface area contributed by atoms with Gasteiger partial charge >= 0.3 is 0 Å². The summed E-state index contributed by atoms with van der Waals surface area (Å²) in [6, 6.07) is 0. The highest BCUT2D eigenvalue weighted by Gasteiger charge is 2.71. The first-order valence-electron chi connectivity index (χ1n) is 5.65. The smallest absolute Gasteiger partial charge is 0.0637 e. The Labute approximate surface area is 79.8 Å². The Morgan fingerprint density at radius 3 is 2.31 bits per heavy atom. The predicted octanol–water partition coefficient (Wildman–Crippen LogP) is 1.68. The minimum Gasteiger partial charge on any atom is -0.376 e. The molecule has 13 heavy (non-hydrogen) atoms. The molecule has 0 heterocycles. The molecular weight excluding hydrogens is 162 g/mol. The zero-order valence-corrected chi connectivity index (χ0v) is 8.22. The SMILES string of the molecule is NCCO[C@H]1CC[C@]12CCC21CC1. The van der Waals surface area contributed by atoms with Gasteiger partial charge in [0.25, 0.3) is 0 Å². The van der Waals surface area contributed by atoms with Crippen molar-refractivity contribution >= 4 is 0 Å². The van der Waals surface area contributed by atoms with Gasteiger partial charge in [-0.1, -0.05) is 0 Å². The fourth-order valence-corrected chi connectivity index (χ4v) is 3.65. The van der Waals surface area contributed by atoms with Crippen LogP contribution in [0.15, 0.2) is 0 Å². The molecule has 2 spiro atoms. The molecule has 3 aliphatic rings. The lowest BCUT2D eigenvalue weighted by atomic mass is 9.46. The van der Waals surface area contributed by atoms with E-state index in [4.69, 9.17) is 10.5 Å². The van der Waals surface area contributed by atoms with Crippen LogP contribution in [0, 0.1) is 10.8 Å². The first kappa shape index (κ1) is 8.25. The Morgan fingerprint density at radius 2 is 1.92 bits per heavy atom. The fourth-order valence-electron chi connectivity index (χ4n) is 3.65. The highest BCUT2D eigenvalue weighted by molar-refractivity contribution is 5.21. The van der Waals surface area contributed by atoms with Gasteiger partial charge in [0.2, 0.25) is 0 Å². The van der Waals surface area contributed by atoms with E-state index < -0.39 is 0 Å². The molecule has 3 aliphatic carbocycles. The average molecular weight is 181 g/mol. The van der Waals surface area contributed by atoms with E-state index in [1.807, 2.05) is 0 Å². The molecule has 0 aliphatic heterocycles. The second-order valence-corrected chi connectivity index (χ2v) is 5.12. The second-order valence-electron chi connectivity index (χ2n) is 5.12. The number of nitrogens with two attached hydrogens (primary N) is 1. The largest absolute Gasteiger partial charge is 0.376 e. The third-order valence-corrected chi connectivity index (χ3v) is 4.87. The van der Waals surface area contributed by atoms with Crippen LogP contribution in [0.1, 0.15) is 38.5 Å². The van der Waals surface area contributed by atoms with Crippen LogP contribution >= 0.6 is 0 Å². The number of hydrogen-bond acceptors (Lipinski definition) is 2. The third kappa shape index (κ3) is 0.861. The molecule has 3 rings (SSSR count). The van der Waals surface area contributed by atoms with Crippen LogP contribution in [0.2, 0.25) is 0 Å². The molecule has 3 saturated carbocycles. The van der Waals surface area contributed by atoms with Gasteiger partial charge in [-0.25, -0.2) is 0 Å². The van der Waals surface area contributed by atoms with Crippen LogP contribution in [0.3, 0.4) is 0 Å². The van der Waals surface area contributed by atoms with E-state index in [1.165, 1.54) is 38.5 Å². The molecular formula is C11H19NO. The van der Waals surface area contributed by atoms with Gasteiger partial charge in [-0.2, -0.15) is 0 Å². The van der Waals surface area contributed by atoms with Gasteiger partial charge in [0.1, 0.15) is 0 Å². The monoisotopic (exact) mass is 181 g/mol. The molecule has 0 amide bonds. The maximum absolute atomic E-state index is 5.84. The van der Waals surface area contributed by atoms with E-state index in [0.29, 0.717) is 18.1 Å². The predicted molar refractivity (Wildman–Crippen MR) is 51.4 cm³/mol. The highest BCUT2D eigenvalue weighted by atomic mass is 16.5. The summed E-state index contributed by atoms with van der Waals surface area (Å²) in [5, 5.41) is 0. The van der Waals surface area contributed by atoms with Gasteiger partial charge in [0.15, 0.2) is 0 Å². The molecule has 0 radical (unpaired) electrons. The average Bonchev–Trinajstić information content (AvgIpc) is 2.82. The Hall–Kier alpha value is -0.0800. The molecule has 2 heteroatoms. The summed E-state index contributed by atoms with van der Waals surface area (Å²) < 4.78 is 5.84. The summed E-state index contributed by atoms with van der Waals surface area (Å²) >= 11 is 0. The van der Waals surface area contributed by atoms with Crippen LogP contribution in [0.4, 0.5) is 0 Å². The molecule has 0 aromatic carbocycles. The van der Waals surface area contributed by atoms with E-state index in [0.717, 1.165) is 12.0 Å². The van der Waals surface area contributed by atoms with Crippen LogP contribution in [0.25, 0.3) is 0 Å². The van der Waals surface area contributed by atoms with Gasteiger partial charge in [-0.3, -0.25) is 0 Å². The van der Waals surface area contributed by atoms with Crippen LogP contribution in [0.5, 0.6) is 0 Å². The van der Waals surface area contributed by atoms with Crippen molar-refractivity contribution in [1.29, 1.82) is 0 Å². The van der Waals surface area contributed by atoms with Gasteiger partial charge in [0.05, 0.1) is 12.7 Å². The van der Waals surface area contributed by atoms with Crippen LogP contribution in [-0.2, 0) is 4.74 Å². The van der Waals surface area contributed by atoms with Crippen molar-refractivity contribution in [1.82, 2.24) is 0 Å². The van der Waals surface area contributed by atoms with Crippen molar-refractivity contribution in [3.63, 3.8) is 0 Å². The molecule has 0 bridgehead atoms. The zero-order chi connectivity index (χ0) is 8.94. The highest BCUT2D eigenvalue weighted by Crippen LogP contribution is 2.78. The normalized spacial score (nSPS) is 44.5. The van der Waals surface area contributed by atoms with Gasteiger partial charge in [-0.15, -0.1) is 0 Å². The Morgan fingerprint density at radius 1 is 1.15 bits per heavy atom. The first-order chi connectivity index (χ1) is 6.33. The van der Waals surface area contributed by atoms with Crippen molar-refractivity contribution in [2.45, 2.75) is 44.6 Å². The Bertz CT molecular complexity index is 220. The molecule has 2 N–H and O–H groups in total. The topological polar surface area (TPSA) is 35.2 Å². The Balaban J connectivity index is 1.65. The van der Waals surface area contributed by atoms with E-state index in [2.05, 4.69) is 0 Å². The van der Waals surface area contributed by atoms with E-state index in [9.17, 15) is 0 Å². The van der Waals surface area contributed by atoms with Crippen molar-refractivity contribution < 1.29 is 4.74 Å². The molecule has 2 nitrogen and oxygen atoms in total. The first-order valence-corrected chi connectivity index (χ1v) is 5.65. The lowest BCUT2D eigenvalue weighted by Gasteiger charge is -2.62. The third-order valence-electron chi connectivity index (χ3n) is 4.87. The lowest BCUT2D eigenvalue weighted by molar-refractivity contribution is -0.199. The van der Waals surface area contributed by atoms with Gasteiger partial charge < -0.3 is 10.5 Å². The molecule has 0 aromatic rings. The number of rotatable bonds is 3. The maximum Gasteiger partial charge on any atom is 0.0637 e. The number of hydrogen-bond donors (Lipinski definition) is 1.